The van der Waals surface area contributed by atoms with E-state index in [-0.39, 0.29) is 23.6 Å². The smallest absolute Gasteiger partial charge is 0.274 e. The standard InChI is InChI=1S/C17H13BrF2N4O/c1-9-16-11(12(19)2-3-13(16)20)4-5-23(9)17(25)14-6-15-21-7-10(18)8-24(15)22-14/h2-3,6-9H,4-5H2,1H3. The molecule has 1 amide bonds. The summed E-state index contributed by atoms with van der Waals surface area (Å²) in [6.07, 6.45) is 3.58. The Bertz CT molecular complexity index is 1000. The summed E-state index contributed by atoms with van der Waals surface area (Å²) in [6.45, 7) is 2.00. The highest BCUT2D eigenvalue weighted by atomic mass is 79.9. The second-order valence-electron chi connectivity index (χ2n) is 5.95. The summed E-state index contributed by atoms with van der Waals surface area (Å²) in [5.41, 5.74) is 1.34. The molecule has 0 aliphatic carbocycles. The van der Waals surface area contributed by atoms with Crippen molar-refractivity contribution < 1.29 is 13.6 Å². The highest BCUT2D eigenvalue weighted by molar-refractivity contribution is 9.10. The van der Waals surface area contributed by atoms with E-state index in [1.165, 1.54) is 9.42 Å². The summed E-state index contributed by atoms with van der Waals surface area (Å²) in [5, 5.41) is 4.24. The van der Waals surface area contributed by atoms with E-state index < -0.39 is 17.7 Å². The summed E-state index contributed by atoms with van der Waals surface area (Å²) in [6, 6.07) is 3.24. The molecule has 3 heterocycles. The molecule has 4 rings (SSSR count). The first kappa shape index (κ1) is 16.1. The second kappa shape index (κ2) is 5.87. The molecule has 2 aromatic heterocycles. The normalized spacial score (nSPS) is 17.0. The highest BCUT2D eigenvalue weighted by Crippen LogP contribution is 2.33. The van der Waals surface area contributed by atoms with Crippen molar-refractivity contribution in [2.24, 2.45) is 0 Å². The minimum absolute atomic E-state index is 0.220. The van der Waals surface area contributed by atoms with E-state index in [4.69, 9.17) is 0 Å². The fourth-order valence-corrected chi connectivity index (χ4v) is 3.58. The lowest BCUT2D eigenvalue weighted by molar-refractivity contribution is 0.0665. The molecule has 0 bridgehead atoms. The van der Waals surface area contributed by atoms with E-state index >= 15 is 0 Å². The van der Waals surface area contributed by atoms with E-state index in [1.807, 2.05) is 0 Å². The Labute approximate surface area is 150 Å². The Kier molecular flexibility index (Phi) is 3.79. The Morgan fingerprint density at radius 2 is 2.08 bits per heavy atom. The molecule has 0 saturated heterocycles. The van der Waals surface area contributed by atoms with Crippen LogP contribution >= 0.6 is 15.9 Å². The topological polar surface area (TPSA) is 50.5 Å². The quantitative estimate of drug-likeness (QED) is 0.620. The van der Waals surface area contributed by atoms with Gasteiger partial charge in [0.15, 0.2) is 11.3 Å². The highest BCUT2D eigenvalue weighted by Gasteiger charge is 2.33. The average Bonchev–Trinajstić information content (AvgIpc) is 3.00. The van der Waals surface area contributed by atoms with Gasteiger partial charge in [0.2, 0.25) is 0 Å². The Hall–Kier alpha value is -2.35. The number of halogens is 3. The zero-order chi connectivity index (χ0) is 17.7. The molecule has 3 aromatic rings. The first-order valence-corrected chi connectivity index (χ1v) is 8.53. The molecule has 1 aliphatic rings. The number of rotatable bonds is 1. The minimum Gasteiger partial charge on any atom is -0.330 e. The monoisotopic (exact) mass is 406 g/mol. The van der Waals surface area contributed by atoms with Gasteiger partial charge in [0.05, 0.1) is 10.5 Å². The van der Waals surface area contributed by atoms with Crippen molar-refractivity contribution in [2.75, 3.05) is 6.54 Å². The summed E-state index contributed by atoms with van der Waals surface area (Å²) in [7, 11) is 0. The molecular formula is C17H13BrF2N4O. The summed E-state index contributed by atoms with van der Waals surface area (Å²) in [4.78, 5) is 18.6. The van der Waals surface area contributed by atoms with Gasteiger partial charge in [-0.3, -0.25) is 4.79 Å². The first-order chi connectivity index (χ1) is 12.0. The number of aromatic nitrogens is 3. The molecule has 0 N–H and O–H groups in total. The molecule has 0 radical (unpaired) electrons. The number of nitrogens with zero attached hydrogens (tertiary/aromatic N) is 4. The van der Waals surface area contributed by atoms with Crippen LogP contribution in [0, 0.1) is 11.6 Å². The SMILES string of the molecule is CC1c2c(F)ccc(F)c2CCN1C(=O)c1cc2ncc(Br)cn2n1. The largest absolute Gasteiger partial charge is 0.330 e. The van der Waals surface area contributed by atoms with Gasteiger partial charge in [-0.05, 0) is 47.0 Å². The Balaban J connectivity index is 1.71. The number of carbonyl (C=O) groups excluding carboxylic acids is 1. The van der Waals surface area contributed by atoms with E-state index in [2.05, 4.69) is 26.0 Å². The number of hydrogen-bond donors (Lipinski definition) is 0. The molecule has 128 valence electrons. The maximum Gasteiger partial charge on any atom is 0.274 e. The third kappa shape index (κ3) is 2.60. The third-order valence-electron chi connectivity index (χ3n) is 4.50. The predicted molar refractivity (Wildman–Crippen MR) is 90.2 cm³/mol. The summed E-state index contributed by atoms with van der Waals surface area (Å²) >= 11 is 3.30. The fraction of sp³-hybridized carbons (Fsp3) is 0.235. The van der Waals surface area contributed by atoms with Crippen LogP contribution in [0.5, 0.6) is 0 Å². The zero-order valence-electron chi connectivity index (χ0n) is 13.2. The van der Waals surface area contributed by atoms with Crippen molar-refractivity contribution >= 4 is 27.5 Å². The van der Waals surface area contributed by atoms with Gasteiger partial charge >= 0.3 is 0 Å². The van der Waals surface area contributed by atoms with Crippen LogP contribution in [0.2, 0.25) is 0 Å². The van der Waals surface area contributed by atoms with Crippen molar-refractivity contribution in [3.05, 3.63) is 63.5 Å². The summed E-state index contributed by atoms with van der Waals surface area (Å²) in [5.74, 6) is -1.26. The molecule has 1 atom stereocenters. The first-order valence-electron chi connectivity index (χ1n) is 7.74. The van der Waals surface area contributed by atoms with Gasteiger partial charge in [-0.1, -0.05) is 0 Å². The molecule has 0 spiro atoms. The molecule has 25 heavy (non-hydrogen) atoms. The number of amides is 1. The van der Waals surface area contributed by atoms with Crippen LogP contribution in [0.25, 0.3) is 5.65 Å². The van der Waals surface area contributed by atoms with Crippen LogP contribution in [0.1, 0.15) is 34.6 Å². The average molecular weight is 407 g/mol. The third-order valence-corrected chi connectivity index (χ3v) is 4.91. The minimum atomic E-state index is -0.573. The van der Waals surface area contributed by atoms with Crippen molar-refractivity contribution in [2.45, 2.75) is 19.4 Å². The van der Waals surface area contributed by atoms with Gasteiger partial charge in [0, 0.05) is 30.6 Å². The van der Waals surface area contributed by atoms with Gasteiger partial charge in [-0.2, -0.15) is 5.10 Å². The van der Waals surface area contributed by atoms with Crippen LogP contribution in [-0.2, 0) is 6.42 Å². The van der Waals surface area contributed by atoms with Crippen LogP contribution < -0.4 is 0 Å². The number of carbonyl (C=O) groups is 1. The van der Waals surface area contributed by atoms with Crippen molar-refractivity contribution in [3.8, 4) is 0 Å². The molecule has 1 aromatic carbocycles. The van der Waals surface area contributed by atoms with Crippen LogP contribution in [0.15, 0.2) is 35.1 Å². The van der Waals surface area contributed by atoms with Crippen molar-refractivity contribution in [1.82, 2.24) is 19.5 Å². The van der Waals surface area contributed by atoms with Gasteiger partial charge in [0.1, 0.15) is 11.6 Å². The lowest BCUT2D eigenvalue weighted by Crippen LogP contribution is -2.40. The van der Waals surface area contributed by atoms with E-state index in [9.17, 15) is 13.6 Å². The maximum atomic E-state index is 14.2. The maximum absolute atomic E-state index is 14.2. The predicted octanol–water partition coefficient (Wildman–Crippen LogP) is 3.53. The molecule has 8 heteroatoms. The lowest BCUT2D eigenvalue weighted by Gasteiger charge is -2.35. The van der Waals surface area contributed by atoms with Gasteiger partial charge in [-0.25, -0.2) is 18.3 Å². The molecular weight excluding hydrogens is 394 g/mol. The van der Waals surface area contributed by atoms with Crippen molar-refractivity contribution in [1.29, 1.82) is 0 Å². The molecule has 5 nitrogen and oxygen atoms in total. The summed E-state index contributed by atoms with van der Waals surface area (Å²) < 4.78 is 30.4. The molecule has 0 fully saturated rings. The molecule has 1 aliphatic heterocycles. The Morgan fingerprint density at radius 3 is 2.88 bits per heavy atom. The second-order valence-corrected chi connectivity index (χ2v) is 6.87. The van der Waals surface area contributed by atoms with Gasteiger partial charge in [-0.15, -0.1) is 0 Å². The van der Waals surface area contributed by atoms with E-state index in [1.54, 1.807) is 25.4 Å². The van der Waals surface area contributed by atoms with Gasteiger partial charge < -0.3 is 4.90 Å². The van der Waals surface area contributed by atoms with Crippen LogP contribution in [0.3, 0.4) is 0 Å². The number of fused-ring (bicyclic) bond motifs is 2. The van der Waals surface area contributed by atoms with E-state index in [0.29, 0.717) is 17.8 Å². The Morgan fingerprint density at radius 1 is 1.32 bits per heavy atom. The van der Waals surface area contributed by atoms with Crippen LogP contribution in [-0.4, -0.2) is 31.9 Å². The van der Waals surface area contributed by atoms with E-state index in [0.717, 1.165) is 16.6 Å². The van der Waals surface area contributed by atoms with Gasteiger partial charge in [0.25, 0.3) is 5.91 Å². The molecule has 0 saturated carbocycles. The van der Waals surface area contributed by atoms with Crippen LogP contribution in [0.4, 0.5) is 8.78 Å². The molecule has 1 unspecified atom stereocenters. The number of benzene rings is 1. The number of hydrogen-bond acceptors (Lipinski definition) is 3. The van der Waals surface area contributed by atoms with Crippen molar-refractivity contribution in [3.63, 3.8) is 0 Å². The zero-order valence-corrected chi connectivity index (χ0v) is 14.8. The lowest BCUT2D eigenvalue weighted by atomic mass is 9.92. The fourth-order valence-electron chi connectivity index (χ4n) is 3.28.